The minimum absolute atomic E-state index is 0.0362. The lowest BCUT2D eigenvalue weighted by molar-refractivity contribution is -0.116. The number of carbonyl (C=O) groups excluding carboxylic acids is 2. The van der Waals surface area contributed by atoms with Gasteiger partial charge in [0.05, 0.1) is 0 Å². The topological polar surface area (TPSA) is 49.4 Å². The van der Waals surface area contributed by atoms with Gasteiger partial charge in [-0.05, 0) is 45.0 Å². The first-order valence-electron chi connectivity index (χ1n) is 9.30. The van der Waals surface area contributed by atoms with Crippen LogP contribution < -0.4 is 5.32 Å². The molecule has 1 fully saturated rings. The third-order valence-corrected chi connectivity index (χ3v) is 5.01. The van der Waals surface area contributed by atoms with Crippen molar-refractivity contribution in [3.05, 3.63) is 65.7 Å². The predicted octanol–water partition coefficient (Wildman–Crippen LogP) is 3.92. The zero-order valence-corrected chi connectivity index (χ0v) is 15.3. The standard InChI is InChI=1S/C22H26N2O2/c1-17-7-9-18(10-8-17)22(26)19-11-14-24(15-12-19)16-13-21(25)23-20-5-3-2-4-6-20/h2-10,19H,11-16H2,1H3,(H,23,25). The fourth-order valence-electron chi connectivity index (χ4n) is 3.38. The molecule has 0 radical (unpaired) electrons. The molecule has 0 bridgehead atoms. The quantitative estimate of drug-likeness (QED) is 0.804. The normalized spacial score (nSPS) is 15.6. The largest absolute Gasteiger partial charge is 0.326 e. The molecule has 1 aliphatic heterocycles. The molecule has 1 N–H and O–H groups in total. The van der Waals surface area contributed by atoms with E-state index in [9.17, 15) is 9.59 Å². The molecule has 26 heavy (non-hydrogen) atoms. The number of aryl methyl sites for hydroxylation is 1. The molecule has 0 aliphatic carbocycles. The van der Waals surface area contributed by atoms with Crippen LogP contribution in [0.5, 0.6) is 0 Å². The summed E-state index contributed by atoms with van der Waals surface area (Å²) in [6, 6.07) is 17.4. The van der Waals surface area contributed by atoms with Gasteiger partial charge in [-0.2, -0.15) is 0 Å². The Labute approximate surface area is 155 Å². The van der Waals surface area contributed by atoms with Crippen molar-refractivity contribution in [1.82, 2.24) is 4.90 Å². The highest BCUT2D eigenvalue weighted by atomic mass is 16.1. The summed E-state index contributed by atoms with van der Waals surface area (Å²) in [6.45, 7) is 4.52. The second-order valence-electron chi connectivity index (χ2n) is 7.01. The molecule has 0 saturated carbocycles. The van der Waals surface area contributed by atoms with Crippen molar-refractivity contribution >= 4 is 17.4 Å². The van der Waals surface area contributed by atoms with Crippen molar-refractivity contribution in [3.8, 4) is 0 Å². The maximum Gasteiger partial charge on any atom is 0.225 e. The zero-order chi connectivity index (χ0) is 18.4. The number of carbonyl (C=O) groups is 2. The molecular formula is C22H26N2O2. The van der Waals surface area contributed by atoms with Gasteiger partial charge in [0.2, 0.25) is 5.91 Å². The molecule has 2 aromatic carbocycles. The van der Waals surface area contributed by atoms with Crippen molar-refractivity contribution < 1.29 is 9.59 Å². The number of rotatable bonds is 6. The van der Waals surface area contributed by atoms with Gasteiger partial charge >= 0.3 is 0 Å². The molecule has 1 heterocycles. The van der Waals surface area contributed by atoms with E-state index >= 15 is 0 Å². The van der Waals surface area contributed by atoms with Crippen LogP contribution in [0, 0.1) is 12.8 Å². The Morgan fingerprint density at radius 1 is 1.00 bits per heavy atom. The summed E-state index contributed by atoms with van der Waals surface area (Å²) >= 11 is 0. The Hall–Kier alpha value is -2.46. The number of piperidine rings is 1. The first-order valence-corrected chi connectivity index (χ1v) is 9.30. The molecule has 4 heteroatoms. The zero-order valence-electron chi connectivity index (χ0n) is 15.3. The molecule has 2 aromatic rings. The van der Waals surface area contributed by atoms with Gasteiger partial charge < -0.3 is 10.2 Å². The molecule has 1 amide bonds. The summed E-state index contributed by atoms with van der Waals surface area (Å²) < 4.78 is 0. The Bertz CT molecular complexity index is 732. The van der Waals surface area contributed by atoms with E-state index in [1.165, 1.54) is 5.56 Å². The molecule has 4 nitrogen and oxygen atoms in total. The highest BCUT2D eigenvalue weighted by Gasteiger charge is 2.25. The lowest BCUT2D eigenvalue weighted by Gasteiger charge is -2.31. The van der Waals surface area contributed by atoms with Gasteiger partial charge in [-0.3, -0.25) is 9.59 Å². The van der Waals surface area contributed by atoms with Crippen LogP contribution in [-0.4, -0.2) is 36.2 Å². The molecule has 0 aromatic heterocycles. The Morgan fingerprint density at radius 2 is 1.65 bits per heavy atom. The van der Waals surface area contributed by atoms with Crippen molar-refractivity contribution in [2.75, 3.05) is 25.0 Å². The maximum absolute atomic E-state index is 12.6. The van der Waals surface area contributed by atoms with Crippen molar-refractivity contribution in [2.24, 2.45) is 5.92 Å². The van der Waals surface area contributed by atoms with E-state index in [1.807, 2.05) is 61.5 Å². The van der Waals surface area contributed by atoms with E-state index in [0.29, 0.717) is 6.42 Å². The number of likely N-dealkylation sites (tertiary alicyclic amines) is 1. The van der Waals surface area contributed by atoms with Gasteiger partial charge in [0.25, 0.3) is 0 Å². The van der Waals surface area contributed by atoms with Gasteiger partial charge in [0.15, 0.2) is 5.78 Å². The monoisotopic (exact) mass is 350 g/mol. The Morgan fingerprint density at radius 3 is 2.31 bits per heavy atom. The second-order valence-corrected chi connectivity index (χ2v) is 7.01. The van der Waals surface area contributed by atoms with E-state index in [1.54, 1.807) is 0 Å². The highest BCUT2D eigenvalue weighted by Crippen LogP contribution is 2.22. The fourth-order valence-corrected chi connectivity index (χ4v) is 3.38. The van der Waals surface area contributed by atoms with Gasteiger partial charge in [-0.15, -0.1) is 0 Å². The number of hydrogen-bond acceptors (Lipinski definition) is 3. The molecule has 1 aliphatic rings. The number of Topliss-reactive ketones (excluding diaryl/α,β-unsaturated/α-hetero) is 1. The van der Waals surface area contributed by atoms with Crippen LogP contribution in [0.2, 0.25) is 0 Å². The molecular weight excluding hydrogens is 324 g/mol. The minimum Gasteiger partial charge on any atom is -0.326 e. The lowest BCUT2D eigenvalue weighted by Crippen LogP contribution is -2.38. The smallest absolute Gasteiger partial charge is 0.225 e. The number of nitrogens with one attached hydrogen (secondary N) is 1. The fraction of sp³-hybridized carbons (Fsp3) is 0.364. The second kappa shape index (κ2) is 8.77. The van der Waals surface area contributed by atoms with E-state index in [4.69, 9.17) is 0 Å². The van der Waals surface area contributed by atoms with E-state index in [2.05, 4.69) is 10.2 Å². The maximum atomic E-state index is 12.6. The summed E-state index contributed by atoms with van der Waals surface area (Å²) in [5, 5.41) is 2.91. The third-order valence-electron chi connectivity index (χ3n) is 5.01. The summed E-state index contributed by atoms with van der Waals surface area (Å²) in [5.41, 5.74) is 2.82. The van der Waals surface area contributed by atoms with Crippen LogP contribution in [-0.2, 0) is 4.79 Å². The van der Waals surface area contributed by atoms with E-state index in [0.717, 1.165) is 43.7 Å². The minimum atomic E-state index is 0.0362. The number of para-hydroxylation sites is 1. The van der Waals surface area contributed by atoms with Gasteiger partial charge in [-0.1, -0.05) is 48.0 Å². The average molecular weight is 350 g/mol. The lowest BCUT2D eigenvalue weighted by atomic mass is 9.88. The Kier molecular flexibility index (Phi) is 6.18. The van der Waals surface area contributed by atoms with Gasteiger partial charge in [0, 0.05) is 30.1 Å². The van der Waals surface area contributed by atoms with E-state index in [-0.39, 0.29) is 17.6 Å². The van der Waals surface area contributed by atoms with Gasteiger partial charge in [-0.25, -0.2) is 0 Å². The number of anilines is 1. The number of benzene rings is 2. The molecule has 3 rings (SSSR count). The SMILES string of the molecule is Cc1ccc(C(=O)C2CCN(CCC(=O)Nc3ccccc3)CC2)cc1. The van der Waals surface area contributed by atoms with E-state index < -0.39 is 0 Å². The van der Waals surface area contributed by atoms with Crippen LogP contribution in [0.1, 0.15) is 35.2 Å². The van der Waals surface area contributed by atoms with Crippen molar-refractivity contribution in [2.45, 2.75) is 26.2 Å². The number of nitrogens with zero attached hydrogens (tertiary/aromatic N) is 1. The molecule has 136 valence electrons. The summed E-state index contributed by atoms with van der Waals surface area (Å²) in [5.74, 6) is 0.396. The molecule has 1 saturated heterocycles. The summed E-state index contributed by atoms with van der Waals surface area (Å²) in [4.78, 5) is 26.9. The summed E-state index contributed by atoms with van der Waals surface area (Å²) in [6.07, 6.45) is 2.21. The molecule has 0 unspecified atom stereocenters. The number of ketones is 1. The molecule has 0 spiro atoms. The van der Waals surface area contributed by atoms with Crippen LogP contribution in [0.15, 0.2) is 54.6 Å². The molecule has 0 atom stereocenters. The third kappa shape index (κ3) is 5.02. The van der Waals surface area contributed by atoms with Crippen LogP contribution >= 0.6 is 0 Å². The van der Waals surface area contributed by atoms with Gasteiger partial charge in [0.1, 0.15) is 0 Å². The highest BCUT2D eigenvalue weighted by molar-refractivity contribution is 5.98. The number of hydrogen-bond donors (Lipinski definition) is 1. The van der Waals surface area contributed by atoms with Crippen molar-refractivity contribution in [3.63, 3.8) is 0 Å². The van der Waals surface area contributed by atoms with Crippen LogP contribution in [0.25, 0.3) is 0 Å². The van der Waals surface area contributed by atoms with Crippen molar-refractivity contribution in [1.29, 1.82) is 0 Å². The first-order chi connectivity index (χ1) is 12.6. The van der Waals surface area contributed by atoms with Crippen LogP contribution in [0.4, 0.5) is 5.69 Å². The van der Waals surface area contributed by atoms with Crippen LogP contribution in [0.3, 0.4) is 0 Å². The summed E-state index contributed by atoms with van der Waals surface area (Å²) in [7, 11) is 0. The average Bonchev–Trinajstić information content (AvgIpc) is 2.68. The Balaban J connectivity index is 1.41. The first kappa shape index (κ1) is 18.3. The number of amides is 1. The predicted molar refractivity (Wildman–Crippen MR) is 104 cm³/mol.